The summed E-state index contributed by atoms with van der Waals surface area (Å²) in [5, 5.41) is 22.2. The summed E-state index contributed by atoms with van der Waals surface area (Å²) in [5.74, 6) is 0. The van der Waals surface area contributed by atoms with Crippen LogP contribution >= 0.6 is 0 Å². The molecule has 2 aromatic carbocycles. The number of aliphatic hydroxyl groups is 2. The lowest BCUT2D eigenvalue weighted by atomic mass is 10.0. The molecule has 5 heteroatoms. The molecule has 5 N–H and O–H groups in total. The van der Waals surface area contributed by atoms with Crippen molar-refractivity contribution in [1.82, 2.24) is 5.32 Å². The first-order chi connectivity index (χ1) is 12.5. The van der Waals surface area contributed by atoms with Crippen molar-refractivity contribution in [2.45, 2.75) is 33.6 Å². The highest BCUT2D eigenvalue weighted by Crippen LogP contribution is 2.24. The zero-order valence-corrected chi connectivity index (χ0v) is 15.7. The lowest BCUT2D eigenvalue weighted by molar-refractivity contribution is 0.00258. The van der Waals surface area contributed by atoms with Crippen LogP contribution in [0.3, 0.4) is 0 Å². The first-order valence-electron chi connectivity index (χ1n) is 8.97. The second-order valence-corrected chi connectivity index (χ2v) is 6.22. The van der Waals surface area contributed by atoms with Crippen LogP contribution in [0.15, 0.2) is 48.5 Å². The molecule has 2 aromatic rings. The summed E-state index contributed by atoms with van der Waals surface area (Å²) in [4.78, 5) is 2.28. The summed E-state index contributed by atoms with van der Waals surface area (Å²) in [6.07, 6.45) is -0.133. The normalized spacial score (nSPS) is 11.7. The molecular formula is C21H29N3O2. The van der Waals surface area contributed by atoms with Crippen LogP contribution in [0.25, 0.3) is 5.70 Å². The Bertz CT molecular complexity index is 753. The Hall–Kier alpha value is -2.50. The third-order valence-corrected chi connectivity index (χ3v) is 4.47. The van der Waals surface area contributed by atoms with Gasteiger partial charge in [-0.25, -0.2) is 0 Å². The number of rotatable bonds is 8. The number of anilines is 2. The van der Waals surface area contributed by atoms with Crippen molar-refractivity contribution in [1.29, 1.82) is 0 Å². The third-order valence-electron chi connectivity index (χ3n) is 4.47. The molecule has 26 heavy (non-hydrogen) atoms. The van der Waals surface area contributed by atoms with Crippen molar-refractivity contribution in [2.75, 3.05) is 23.7 Å². The zero-order chi connectivity index (χ0) is 19.1. The Balaban J connectivity index is 2.28. The average molecular weight is 355 g/mol. The fourth-order valence-corrected chi connectivity index (χ4v) is 3.01. The Labute approximate surface area is 155 Å². The first-order valence-corrected chi connectivity index (χ1v) is 8.97. The lowest BCUT2D eigenvalue weighted by Crippen LogP contribution is -2.22. The van der Waals surface area contributed by atoms with E-state index in [1.807, 2.05) is 37.3 Å². The maximum Gasteiger partial charge on any atom is 0.173 e. The van der Waals surface area contributed by atoms with E-state index in [1.165, 1.54) is 6.08 Å². The summed E-state index contributed by atoms with van der Waals surface area (Å²) in [5.41, 5.74) is 11.5. The van der Waals surface area contributed by atoms with Crippen LogP contribution in [0.5, 0.6) is 0 Å². The standard InChI is InChI=1S/C21H29N3O2/c1-4-24(5-2)17-10-11-18(15(3)12-17)20(13-21(25)26)23-14-16-8-6-7-9-19(16)22/h6-13,21,23,25-26H,4-5,14,22H2,1-3H3/b20-13+. The predicted octanol–water partition coefficient (Wildman–Crippen LogP) is 2.86. The Morgan fingerprint density at radius 3 is 2.42 bits per heavy atom. The molecule has 0 amide bonds. The van der Waals surface area contributed by atoms with Gasteiger partial charge >= 0.3 is 0 Å². The molecule has 2 rings (SSSR count). The molecule has 5 nitrogen and oxygen atoms in total. The predicted molar refractivity (Wildman–Crippen MR) is 109 cm³/mol. The molecule has 140 valence electrons. The number of hydrogen-bond donors (Lipinski definition) is 4. The topological polar surface area (TPSA) is 81.8 Å². The average Bonchev–Trinajstić information content (AvgIpc) is 2.61. The molecule has 0 fully saturated rings. The van der Waals surface area contributed by atoms with E-state index < -0.39 is 6.29 Å². The van der Waals surface area contributed by atoms with E-state index in [4.69, 9.17) is 5.73 Å². The molecular weight excluding hydrogens is 326 g/mol. The molecule has 0 radical (unpaired) electrons. The molecule has 0 aliphatic heterocycles. The molecule has 0 bridgehead atoms. The van der Waals surface area contributed by atoms with Gasteiger partial charge in [-0.15, -0.1) is 0 Å². The molecule has 0 aliphatic carbocycles. The largest absolute Gasteiger partial charge is 0.398 e. The van der Waals surface area contributed by atoms with E-state index >= 15 is 0 Å². The van der Waals surface area contributed by atoms with Gasteiger partial charge in [-0.1, -0.05) is 24.3 Å². The van der Waals surface area contributed by atoms with E-state index in [0.29, 0.717) is 17.9 Å². The number of hydrogen-bond acceptors (Lipinski definition) is 5. The number of aliphatic hydroxyl groups excluding tert-OH is 1. The van der Waals surface area contributed by atoms with Crippen LogP contribution in [0.4, 0.5) is 11.4 Å². The summed E-state index contributed by atoms with van der Waals surface area (Å²) >= 11 is 0. The smallest absolute Gasteiger partial charge is 0.173 e. The van der Waals surface area contributed by atoms with Gasteiger partial charge in [-0.2, -0.15) is 0 Å². The van der Waals surface area contributed by atoms with Gasteiger partial charge in [-0.05, 0) is 56.2 Å². The molecule has 0 atom stereocenters. The second kappa shape index (κ2) is 9.27. The quantitative estimate of drug-likeness (QED) is 0.432. The molecule has 0 aromatic heterocycles. The second-order valence-electron chi connectivity index (χ2n) is 6.22. The van der Waals surface area contributed by atoms with Crippen LogP contribution < -0.4 is 16.0 Å². The number of nitrogen functional groups attached to an aromatic ring is 1. The number of nitrogens with zero attached hydrogens (tertiary/aromatic N) is 1. The van der Waals surface area contributed by atoms with Crippen molar-refractivity contribution in [3.05, 3.63) is 65.2 Å². The van der Waals surface area contributed by atoms with Gasteiger partial charge < -0.3 is 26.2 Å². The van der Waals surface area contributed by atoms with E-state index in [-0.39, 0.29) is 0 Å². The fourth-order valence-electron chi connectivity index (χ4n) is 3.01. The number of aryl methyl sites for hydroxylation is 1. The van der Waals surface area contributed by atoms with Gasteiger partial charge in [-0.3, -0.25) is 0 Å². The third kappa shape index (κ3) is 5.00. The monoisotopic (exact) mass is 355 g/mol. The Morgan fingerprint density at radius 1 is 1.15 bits per heavy atom. The SMILES string of the molecule is CCN(CC)c1ccc(/C(=C\C(O)O)NCc2ccccc2N)c(C)c1. The van der Waals surface area contributed by atoms with Gasteiger partial charge in [0, 0.05) is 42.3 Å². The molecule has 0 unspecified atom stereocenters. The summed E-state index contributed by atoms with van der Waals surface area (Å²) in [6.45, 7) is 8.68. The molecule has 0 spiro atoms. The number of benzene rings is 2. The number of para-hydroxylation sites is 1. The van der Waals surface area contributed by atoms with Crippen LogP contribution in [-0.4, -0.2) is 29.6 Å². The summed E-state index contributed by atoms with van der Waals surface area (Å²) in [7, 11) is 0. The number of nitrogens with one attached hydrogen (secondary N) is 1. The first kappa shape index (κ1) is 19.8. The highest BCUT2D eigenvalue weighted by atomic mass is 16.5. The maximum atomic E-state index is 9.45. The van der Waals surface area contributed by atoms with E-state index in [1.54, 1.807) is 0 Å². The van der Waals surface area contributed by atoms with Gasteiger partial charge in [0.15, 0.2) is 6.29 Å². The van der Waals surface area contributed by atoms with Crippen molar-refractivity contribution in [2.24, 2.45) is 0 Å². The van der Waals surface area contributed by atoms with Gasteiger partial charge in [0.1, 0.15) is 0 Å². The molecule has 0 saturated heterocycles. The van der Waals surface area contributed by atoms with E-state index in [0.717, 1.165) is 35.5 Å². The minimum absolute atomic E-state index is 0.502. The fraction of sp³-hybridized carbons (Fsp3) is 0.333. The van der Waals surface area contributed by atoms with E-state index in [9.17, 15) is 10.2 Å². The van der Waals surface area contributed by atoms with Gasteiger partial charge in [0.25, 0.3) is 0 Å². The van der Waals surface area contributed by atoms with Gasteiger partial charge in [0.05, 0.1) is 0 Å². The highest BCUT2D eigenvalue weighted by molar-refractivity contribution is 5.70. The Morgan fingerprint density at radius 2 is 1.85 bits per heavy atom. The van der Waals surface area contributed by atoms with Crippen molar-refractivity contribution in [3.8, 4) is 0 Å². The Kier molecular flexibility index (Phi) is 7.06. The number of nitrogens with two attached hydrogens (primary N) is 1. The van der Waals surface area contributed by atoms with Gasteiger partial charge in [0.2, 0.25) is 0 Å². The highest BCUT2D eigenvalue weighted by Gasteiger charge is 2.10. The van der Waals surface area contributed by atoms with Crippen LogP contribution in [0.1, 0.15) is 30.5 Å². The minimum atomic E-state index is -1.53. The van der Waals surface area contributed by atoms with Crippen molar-refractivity contribution < 1.29 is 10.2 Å². The van der Waals surface area contributed by atoms with Crippen molar-refractivity contribution >= 4 is 17.1 Å². The maximum absolute atomic E-state index is 9.45. The lowest BCUT2D eigenvalue weighted by Gasteiger charge is -2.23. The van der Waals surface area contributed by atoms with Crippen LogP contribution in [-0.2, 0) is 6.54 Å². The van der Waals surface area contributed by atoms with E-state index in [2.05, 4.69) is 36.2 Å². The molecule has 0 heterocycles. The van der Waals surface area contributed by atoms with Crippen molar-refractivity contribution in [3.63, 3.8) is 0 Å². The van der Waals surface area contributed by atoms with Crippen LogP contribution in [0.2, 0.25) is 0 Å². The summed E-state index contributed by atoms with van der Waals surface area (Å²) < 4.78 is 0. The van der Waals surface area contributed by atoms with Crippen LogP contribution in [0, 0.1) is 6.92 Å². The molecule has 0 aliphatic rings. The summed E-state index contributed by atoms with van der Waals surface area (Å²) in [6, 6.07) is 13.8. The zero-order valence-electron chi connectivity index (χ0n) is 15.7. The molecule has 0 saturated carbocycles. The minimum Gasteiger partial charge on any atom is -0.398 e.